The number of carbonyl (C=O) groups is 1. The minimum absolute atomic E-state index is 0.436. The normalized spacial score (nSPS) is 18.6. The molecule has 1 atom stereocenters. The molecule has 1 unspecified atom stereocenters. The summed E-state index contributed by atoms with van der Waals surface area (Å²) < 4.78 is 0. The first-order chi connectivity index (χ1) is 9.79. The number of rotatable bonds is 8. The largest absolute Gasteiger partial charge is 0.300 e. The van der Waals surface area contributed by atoms with Crippen molar-refractivity contribution < 1.29 is 4.79 Å². The van der Waals surface area contributed by atoms with Crippen molar-refractivity contribution in [2.24, 2.45) is 0 Å². The number of unbranched alkanes of at least 4 members (excludes halogenated alkanes) is 5. The van der Waals surface area contributed by atoms with Gasteiger partial charge in [-0.1, -0.05) is 63.3 Å². The highest BCUT2D eigenvalue weighted by Crippen LogP contribution is 2.32. The second-order valence-electron chi connectivity index (χ2n) is 6.24. The Morgan fingerprint density at radius 2 is 1.70 bits per heavy atom. The van der Waals surface area contributed by atoms with E-state index in [4.69, 9.17) is 0 Å². The molecule has 1 aliphatic rings. The molecule has 20 heavy (non-hydrogen) atoms. The third-order valence-electron chi connectivity index (χ3n) is 4.52. The number of Topliss-reactive ketones (excluding diaryl/α,β-unsaturated/α-hetero) is 1. The Kier molecular flexibility index (Phi) is 6.29. The zero-order chi connectivity index (χ0) is 14.2. The molecule has 0 aliphatic heterocycles. The topological polar surface area (TPSA) is 17.1 Å². The fraction of sp³-hybridized carbons (Fsp3) is 0.632. The predicted octanol–water partition coefficient (Wildman–Crippen LogP) is 5.43. The van der Waals surface area contributed by atoms with E-state index in [1.165, 1.54) is 56.1 Å². The molecule has 0 heterocycles. The summed E-state index contributed by atoms with van der Waals surface area (Å²) in [6, 6.07) is 9.03. The number of carbonyl (C=O) groups excluding carboxylic acids is 1. The molecular weight excluding hydrogens is 244 g/mol. The first-order valence-electron chi connectivity index (χ1n) is 8.40. The molecule has 2 rings (SSSR count). The third kappa shape index (κ3) is 4.77. The fourth-order valence-corrected chi connectivity index (χ4v) is 3.16. The van der Waals surface area contributed by atoms with Crippen LogP contribution in [0.3, 0.4) is 0 Å². The average Bonchev–Trinajstić information content (AvgIpc) is 2.90. The Morgan fingerprint density at radius 3 is 2.35 bits per heavy atom. The number of benzene rings is 1. The van der Waals surface area contributed by atoms with Crippen molar-refractivity contribution in [3.63, 3.8) is 0 Å². The Hall–Kier alpha value is -1.11. The minimum atomic E-state index is 0.436. The molecule has 1 fully saturated rings. The number of hydrogen-bond donors (Lipinski definition) is 0. The summed E-state index contributed by atoms with van der Waals surface area (Å²) in [7, 11) is 0. The van der Waals surface area contributed by atoms with Gasteiger partial charge in [0.15, 0.2) is 0 Å². The minimum Gasteiger partial charge on any atom is -0.300 e. The van der Waals surface area contributed by atoms with E-state index < -0.39 is 0 Å². The van der Waals surface area contributed by atoms with E-state index in [0.29, 0.717) is 11.7 Å². The molecule has 1 aromatic carbocycles. The van der Waals surface area contributed by atoms with Gasteiger partial charge in [-0.2, -0.15) is 0 Å². The highest BCUT2D eigenvalue weighted by molar-refractivity contribution is 5.81. The zero-order valence-electron chi connectivity index (χ0n) is 12.9. The number of ketones is 1. The third-order valence-corrected chi connectivity index (χ3v) is 4.52. The molecular formula is C19H28O. The summed E-state index contributed by atoms with van der Waals surface area (Å²) in [6.07, 6.45) is 12.0. The van der Waals surface area contributed by atoms with Crippen LogP contribution in [0.25, 0.3) is 0 Å². The molecule has 0 amide bonds. The molecule has 1 nitrogen and oxygen atoms in total. The monoisotopic (exact) mass is 272 g/mol. The molecule has 0 aromatic heterocycles. The van der Waals surface area contributed by atoms with E-state index in [2.05, 4.69) is 31.2 Å². The van der Waals surface area contributed by atoms with E-state index in [1.807, 2.05) is 0 Å². The average molecular weight is 272 g/mol. The summed E-state index contributed by atoms with van der Waals surface area (Å²) in [4.78, 5) is 11.3. The van der Waals surface area contributed by atoms with Gasteiger partial charge in [0.25, 0.3) is 0 Å². The molecule has 1 aromatic rings. The van der Waals surface area contributed by atoms with E-state index in [9.17, 15) is 4.79 Å². The summed E-state index contributed by atoms with van der Waals surface area (Å²) >= 11 is 0. The van der Waals surface area contributed by atoms with Crippen molar-refractivity contribution in [3.8, 4) is 0 Å². The zero-order valence-corrected chi connectivity index (χ0v) is 12.9. The van der Waals surface area contributed by atoms with Gasteiger partial charge in [0, 0.05) is 12.8 Å². The lowest BCUT2D eigenvalue weighted by molar-refractivity contribution is -0.117. The van der Waals surface area contributed by atoms with Crippen molar-refractivity contribution >= 4 is 5.78 Å². The number of hydrogen-bond acceptors (Lipinski definition) is 1. The van der Waals surface area contributed by atoms with Crippen molar-refractivity contribution in [2.75, 3.05) is 0 Å². The maximum Gasteiger partial charge on any atom is 0.133 e. The van der Waals surface area contributed by atoms with Crippen LogP contribution in [0.5, 0.6) is 0 Å². The molecule has 0 bridgehead atoms. The number of aryl methyl sites for hydroxylation is 1. The van der Waals surface area contributed by atoms with Crippen LogP contribution < -0.4 is 0 Å². The maximum atomic E-state index is 11.3. The Bertz CT molecular complexity index is 404. The fourth-order valence-electron chi connectivity index (χ4n) is 3.16. The van der Waals surface area contributed by atoms with Gasteiger partial charge in [0.1, 0.15) is 5.78 Å². The standard InChI is InChI=1S/C19H28O/c1-2-3-4-5-6-7-8-16-9-11-17(12-10-16)18-13-14-19(20)15-18/h9-12,18H,2-8,13-15H2,1H3. The van der Waals surface area contributed by atoms with Gasteiger partial charge in [-0.15, -0.1) is 0 Å². The molecule has 1 aliphatic carbocycles. The van der Waals surface area contributed by atoms with Crippen LogP contribution in [0, 0.1) is 0 Å². The van der Waals surface area contributed by atoms with Crippen LogP contribution in [0.2, 0.25) is 0 Å². The lowest BCUT2D eigenvalue weighted by atomic mass is 9.95. The van der Waals surface area contributed by atoms with Gasteiger partial charge in [-0.25, -0.2) is 0 Å². The van der Waals surface area contributed by atoms with Gasteiger partial charge < -0.3 is 0 Å². The van der Waals surface area contributed by atoms with Crippen LogP contribution in [0.15, 0.2) is 24.3 Å². The van der Waals surface area contributed by atoms with Crippen LogP contribution in [0.4, 0.5) is 0 Å². The van der Waals surface area contributed by atoms with E-state index in [1.54, 1.807) is 0 Å². The van der Waals surface area contributed by atoms with Gasteiger partial charge in [0.2, 0.25) is 0 Å². The summed E-state index contributed by atoms with van der Waals surface area (Å²) in [6.45, 7) is 2.26. The summed E-state index contributed by atoms with van der Waals surface area (Å²) in [5.74, 6) is 0.928. The van der Waals surface area contributed by atoms with Crippen LogP contribution in [-0.4, -0.2) is 5.78 Å². The summed E-state index contributed by atoms with van der Waals surface area (Å²) in [5, 5.41) is 0. The SMILES string of the molecule is CCCCCCCCc1ccc(C2CCC(=O)C2)cc1. The Morgan fingerprint density at radius 1 is 1.00 bits per heavy atom. The molecule has 1 saturated carbocycles. The Balaban J connectivity index is 1.70. The van der Waals surface area contributed by atoms with Crippen LogP contribution in [0.1, 0.15) is 81.8 Å². The first kappa shape index (κ1) is 15.3. The van der Waals surface area contributed by atoms with Crippen molar-refractivity contribution in [2.45, 2.75) is 77.0 Å². The van der Waals surface area contributed by atoms with Crippen molar-refractivity contribution in [3.05, 3.63) is 35.4 Å². The first-order valence-corrected chi connectivity index (χ1v) is 8.40. The van der Waals surface area contributed by atoms with Gasteiger partial charge in [0.05, 0.1) is 0 Å². The summed E-state index contributed by atoms with van der Waals surface area (Å²) in [5.41, 5.74) is 2.82. The van der Waals surface area contributed by atoms with Crippen molar-refractivity contribution in [1.29, 1.82) is 0 Å². The van der Waals surface area contributed by atoms with Gasteiger partial charge >= 0.3 is 0 Å². The molecule has 0 N–H and O–H groups in total. The Labute approximate surface area is 123 Å². The second kappa shape index (κ2) is 8.24. The highest BCUT2D eigenvalue weighted by atomic mass is 16.1. The molecule has 0 radical (unpaired) electrons. The lowest BCUT2D eigenvalue weighted by Gasteiger charge is -2.09. The maximum absolute atomic E-state index is 11.3. The van der Waals surface area contributed by atoms with E-state index in [-0.39, 0.29) is 0 Å². The van der Waals surface area contributed by atoms with Gasteiger partial charge in [-0.3, -0.25) is 4.79 Å². The smallest absolute Gasteiger partial charge is 0.133 e. The molecule has 110 valence electrons. The van der Waals surface area contributed by atoms with E-state index in [0.717, 1.165) is 19.3 Å². The second-order valence-corrected chi connectivity index (χ2v) is 6.24. The highest BCUT2D eigenvalue weighted by Gasteiger charge is 2.23. The van der Waals surface area contributed by atoms with Crippen molar-refractivity contribution in [1.82, 2.24) is 0 Å². The lowest BCUT2D eigenvalue weighted by Crippen LogP contribution is -1.95. The van der Waals surface area contributed by atoms with Crippen LogP contribution >= 0.6 is 0 Å². The molecule has 0 spiro atoms. The van der Waals surface area contributed by atoms with Gasteiger partial charge in [-0.05, 0) is 36.3 Å². The predicted molar refractivity (Wildman–Crippen MR) is 85.1 cm³/mol. The molecule has 1 heteroatoms. The quantitative estimate of drug-likeness (QED) is 0.577. The van der Waals surface area contributed by atoms with E-state index >= 15 is 0 Å². The van der Waals surface area contributed by atoms with Crippen LogP contribution in [-0.2, 0) is 11.2 Å². The molecule has 0 saturated heterocycles.